The van der Waals surface area contributed by atoms with E-state index in [1.165, 1.54) is 0 Å². The van der Waals surface area contributed by atoms with E-state index >= 15 is 0 Å². The molecule has 3 aliphatic heterocycles. The number of aliphatic hydroxyl groups excluding tert-OH is 6. The Morgan fingerprint density at radius 3 is 2.33 bits per heavy atom. The first-order valence-corrected chi connectivity index (χ1v) is 14.3. The average molecular weight is 627 g/mol. The normalized spacial score (nSPS) is 36.4. The van der Waals surface area contributed by atoms with E-state index in [4.69, 9.17) is 35.3 Å². The highest BCUT2D eigenvalue weighted by molar-refractivity contribution is 6.31. The van der Waals surface area contributed by atoms with Gasteiger partial charge in [0, 0.05) is 11.4 Å². The van der Waals surface area contributed by atoms with Crippen LogP contribution in [-0.2, 0) is 30.2 Å². The minimum absolute atomic E-state index is 0.0164. The van der Waals surface area contributed by atoms with Gasteiger partial charge >= 0.3 is 5.97 Å². The van der Waals surface area contributed by atoms with E-state index in [1.54, 1.807) is 18.2 Å². The molecule has 0 spiro atoms. The van der Waals surface area contributed by atoms with Gasteiger partial charge in [-0.05, 0) is 41.3 Å². The third-order valence-corrected chi connectivity index (χ3v) is 8.25. The van der Waals surface area contributed by atoms with E-state index in [1.807, 2.05) is 24.3 Å². The molecule has 3 heterocycles. The molecule has 0 aliphatic carbocycles. The number of benzene rings is 2. The molecule has 11 atom stereocenters. The van der Waals surface area contributed by atoms with Gasteiger partial charge in [-0.15, -0.1) is 0 Å². The fourth-order valence-electron chi connectivity index (χ4n) is 5.44. The summed E-state index contributed by atoms with van der Waals surface area (Å²) in [7, 11) is 0. The minimum Gasteiger partial charge on any atom is -0.488 e. The Labute approximate surface area is 251 Å². The molecule has 3 fully saturated rings. The van der Waals surface area contributed by atoms with Crippen molar-refractivity contribution in [3.8, 4) is 5.75 Å². The smallest absolute Gasteiger partial charge is 0.335 e. The van der Waals surface area contributed by atoms with Crippen LogP contribution in [-0.4, -0.2) is 123 Å². The SMILES string of the molecule is O=C(O)[C@H]1O[C@@H](O[C@@H]2[C@@H](O)[C@H](O)[C@@H](CO)O[C@H]2c2ccc(Cl)c(Cc3ccc(O[C@H]4CCOC4)cc3)c2)[C@H](O)[C@@H](O)[C@@H]1O. The molecule has 2 aromatic rings. The first kappa shape index (κ1) is 32.0. The zero-order valence-electron chi connectivity index (χ0n) is 22.9. The van der Waals surface area contributed by atoms with Crippen LogP contribution >= 0.6 is 11.6 Å². The molecule has 3 aliphatic rings. The summed E-state index contributed by atoms with van der Waals surface area (Å²) in [6, 6.07) is 12.4. The number of carboxylic acids is 1. The van der Waals surface area contributed by atoms with Gasteiger partial charge < -0.3 is 59.4 Å². The quantitative estimate of drug-likeness (QED) is 0.188. The largest absolute Gasteiger partial charge is 0.488 e. The number of aliphatic carboxylic acids is 1. The fraction of sp³-hybridized carbons (Fsp3) is 0.552. The lowest BCUT2D eigenvalue weighted by molar-refractivity contribution is -0.337. The van der Waals surface area contributed by atoms with Crippen LogP contribution in [0.25, 0.3) is 0 Å². The standard InChI is InChI=1S/C29H35ClO13/c30-18-6-3-14(10-15(18)9-13-1-4-16(5-2-13)40-17-7-8-39-12-17)25-26(22(34)20(32)19(11-31)41-25)42-29-24(36)21(33)23(35)27(43-29)28(37)38/h1-6,10,17,19-27,29,31-36H,7-9,11-12H2,(H,37,38)/t17-,19+,20+,21-,22-,23-,24+,25-,26+,27-,29+/m0/s1. The maximum absolute atomic E-state index is 11.6. The van der Waals surface area contributed by atoms with Crippen molar-refractivity contribution in [2.24, 2.45) is 0 Å². The van der Waals surface area contributed by atoms with Gasteiger partial charge in [0.2, 0.25) is 0 Å². The van der Waals surface area contributed by atoms with Gasteiger partial charge in [0.05, 0.1) is 19.8 Å². The van der Waals surface area contributed by atoms with Gasteiger partial charge in [-0.3, -0.25) is 0 Å². The van der Waals surface area contributed by atoms with Crippen molar-refractivity contribution in [2.75, 3.05) is 19.8 Å². The van der Waals surface area contributed by atoms with Crippen LogP contribution in [0.2, 0.25) is 5.02 Å². The van der Waals surface area contributed by atoms with E-state index in [-0.39, 0.29) is 6.10 Å². The van der Waals surface area contributed by atoms with Gasteiger partial charge in [0.25, 0.3) is 0 Å². The Kier molecular flexibility index (Phi) is 10.2. The summed E-state index contributed by atoms with van der Waals surface area (Å²) in [6.07, 6.45) is -15.5. The Morgan fingerprint density at radius 1 is 0.930 bits per heavy atom. The molecule has 7 N–H and O–H groups in total. The van der Waals surface area contributed by atoms with Gasteiger partial charge in [0.1, 0.15) is 60.7 Å². The second-order valence-electron chi connectivity index (χ2n) is 10.9. The van der Waals surface area contributed by atoms with Crippen molar-refractivity contribution in [3.05, 3.63) is 64.2 Å². The minimum atomic E-state index is -1.95. The molecular weight excluding hydrogens is 592 g/mol. The Hall–Kier alpha value is -2.40. The molecular formula is C29H35ClO13. The van der Waals surface area contributed by atoms with Gasteiger partial charge in [-0.1, -0.05) is 35.9 Å². The first-order chi connectivity index (χ1) is 20.6. The summed E-state index contributed by atoms with van der Waals surface area (Å²) >= 11 is 6.52. The predicted octanol–water partition coefficient (Wildman–Crippen LogP) is -0.470. The lowest BCUT2D eigenvalue weighted by Gasteiger charge is -2.46. The molecule has 3 saturated heterocycles. The molecule has 0 unspecified atom stereocenters. The lowest BCUT2D eigenvalue weighted by atomic mass is 9.89. The Balaban J connectivity index is 1.38. The van der Waals surface area contributed by atoms with Gasteiger partial charge in [-0.2, -0.15) is 0 Å². The molecule has 0 aromatic heterocycles. The molecule has 13 nitrogen and oxygen atoms in total. The molecule has 0 saturated carbocycles. The van der Waals surface area contributed by atoms with Crippen LogP contribution < -0.4 is 4.74 Å². The van der Waals surface area contributed by atoms with Crippen LogP contribution in [0.4, 0.5) is 0 Å². The van der Waals surface area contributed by atoms with Crippen molar-refractivity contribution in [1.82, 2.24) is 0 Å². The molecule has 0 radical (unpaired) electrons. The van der Waals surface area contributed by atoms with Crippen molar-refractivity contribution in [1.29, 1.82) is 0 Å². The van der Waals surface area contributed by atoms with E-state index in [0.29, 0.717) is 41.5 Å². The van der Waals surface area contributed by atoms with Crippen LogP contribution in [0.3, 0.4) is 0 Å². The zero-order valence-corrected chi connectivity index (χ0v) is 23.6. The van der Waals surface area contributed by atoms with Gasteiger partial charge in [-0.25, -0.2) is 4.79 Å². The summed E-state index contributed by atoms with van der Waals surface area (Å²) in [5.74, 6) is -0.897. The van der Waals surface area contributed by atoms with Crippen molar-refractivity contribution in [2.45, 2.75) is 80.2 Å². The van der Waals surface area contributed by atoms with Crippen molar-refractivity contribution < 1.29 is 64.2 Å². The van der Waals surface area contributed by atoms with Gasteiger partial charge in [0.15, 0.2) is 12.4 Å². The molecule has 14 heteroatoms. The van der Waals surface area contributed by atoms with Crippen LogP contribution in [0.15, 0.2) is 42.5 Å². The van der Waals surface area contributed by atoms with Crippen molar-refractivity contribution in [3.63, 3.8) is 0 Å². The molecule has 236 valence electrons. The van der Waals surface area contributed by atoms with Crippen molar-refractivity contribution >= 4 is 17.6 Å². The molecule has 5 rings (SSSR count). The second-order valence-corrected chi connectivity index (χ2v) is 11.3. The number of aliphatic hydroxyl groups is 6. The first-order valence-electron chi connectivity index (χ1n) is 13.9. The average Bonchev–Trinajstić information content (AvgIpc) is 3.51. The predicted molar refractivity (Wildman–Crippen MR) is 146 cm³/mol. The summed E-state index contributed by atoms with van der Waals surface area (Å²) in [4.78, 5) is 11.6. The lowest BCUT2D eigenvalue weighted by Crippen LogP contribution is -2.63. The van der Waals surface area contributed by atoms with Crippen LogP contribution in [0.5, 0.6) is 5.75 Å². The molecule has 2 aromatic carbocycles. The zero-order chi connectivity index (χ0) is 30.8. The Morgan fingerprint density at radius 2 is 1.67 bits per heavy atom. The summed E-state index contributed by atoms with van der Waals surface area (Å²) < 4.78 is 28.2. The highest BCUT2D eigenvalue weighted by Crippen LogP contribution is 2.38. The summed E-state index contributed by atoms with van der Waals surface area (Å²) in [6.45, 7) is 0.582. The van der Waals surface area contributed by atoms with E-state index < -0.39 is 73.8 Å². The number of ether oxygens (including phenoxy) is 5. The third-order valence-electron chi connectivity index (χ3n) is 7.88. The Bertz CT molecular complexity index is 1240. The number of carbonyl (C=O) groups is 1. The van der Waals surface area contributed by atoms with E-state index in [2.05, 4.69) is 0 Å². The molecule has 0 bridgehead atoms. The summed E-state index contributed by atoms with van der Waals surface area (Å²) in [5.41, 5.74) is 2.02. The molecule has 0 amide bonds. The third kappa shape index (κ3) is 6.97. The highest BCUT2D eigenvalue weighted by atomic mass is 35.5. The van der Waals surface area contributed by atoms with E-state index in [0.717, 1.165) is 12.0 Å². The second kappa shape index (κ2) is 13.7. The molecule has 43 heavy (non-hydrogen) atoms. The van der Waals surface area contributed by atoms with Crippen LogP contribution in [0.1, 0.15) is 29.2 Å². The number of hydrogen-bond donors (Lipinski definition) is 7. The van der Waals surface area contributed by atoms with Crippen LogP contribution in [0, 0.1) is 0 Å². The van der Waals surface area contributed by atoms with E-state index in [9.17, 15) is 40.5 Å². The maximum Gasteiger partial charge on any atom is 0.335 e. The highest BCUT2D eigenvalue weighted by Gasteiger charge is 2.52. The fourth-order valence-corrected chi connectivity index (χ4v) is 5.63. The topological polar surface area (TPSA) is 205 Å². The monoisotopic (exact) mass is 626 g/mol. The maximum atomic E-state index is 11.6. The number of rotatable bonds is 9. The number of hydrogen-bond acceptors (Lipinski definition) is 12. The summed E-state index contributed by atoms with van der Waals surface area (Å²) in [5, 5.41) is 71.9. The number of carboxylic acid groups (broad SMARTS) is 1. The number of halogens is 1.